The molecule has 0 atom stereocenters. The van der Waals surface area contributed by atoms with Gasteiger partial charge in [0.2, 0.25) is 0 Å². The third-order valence-electron chi connectivity index (χ3n) is 4.29. The van der Waals surface area contributed by atoms with Crippen molar-refractivity contribution >= 4 is 33.5 Å². The van der Waals surface area contributed by atoms with Crippen LogP contribution in [-0.4, -0.2) is 31.8 Å². The lowest BCUT2D eigenvalue weighted by atomic mass is 10.2. The molecule has 5 aromatic rings. The van der Waals surface area contributed by atoms with Gasteiger partial charge in [-0.3, -0.25) is 4.98 Å². The largest absolute Gasteiger partial charge is 0.494 e. The molecule has 4 aromatic heterocycles. The second kappa shape index (κ2) is 6.07. The van der Waals surface area contributed by atoms with Gasteiger partial charge in [-0.05, 0) is 12.1 Å². The van der Waals surface area contributed by atoms with Crippen LogP contribution >= 0.6 is 11.6 Å². The van der Waals surface area contributed by atoms with E-state index < -0.39 is 0 Å². The summed E-state index contributed by atoms with van der Waals surface area (Å²) in [6, 6.07) is 7.54. The molecular weight excluding hydrogens is 366 g/mol. The maximum absolute atomic E-state index is 6.46. The second-order valence-electron chi connectivity index (χ2n) is 5.83. The zero-order valence-corrected chi connectivity index (χ0v) is 14.9. The van der Waals surface area contributed by atoms with E-state index in [1.165, 1.54) is 0 Å². The first-order valence-electron chi connectivity index (χ1n) is 8.12. The Hall–Kier alpha value is -3.45. The molecule has 0 aliphatic heterocycles. The van der Waals surface area contributed by atoms with Crippen molar-refractivity contribution in [2.75, 3.05) is 7.11 Å². The number of para-hydroxylation sites is 1. The zero-order valence-electron chi connectivity index (χ0n) is 14.1. The van der Waals surface area contributed by atoms with E-state index in [-0.39, 0.29) is 0 Å². The van der Waals surface area contributed by atoms with Crippen LogP contribution in [0.25, 0.3) is 39.1 Å². The van der Waals surface area contributed by atoms with Crippen LogP contribution in [0, 0.1) is 0 Å². The molecule has 0 amide bonds. The molecule has 0 N–H and O–H groups in total. The van der Waals surface area contributed by atoms with Crippen LogP contribution in [0.5, 0.6) is 5.75 Å². The van der Waals surface area contributed by atoms with Crippen LogP contribution in [0.15, 0.2) is 59.7 Å². The number of aromatic nitrogens is 5. The fourth-order valence-electron chi connectivity index (χ4n) is 3.05. The van der Waals surface area contributed by atoms with Gasteiger partial charge >= 0.3 is 0 Å². The summed E-state index contributed by atoms with van der Waals surface area (Å²) in [6.45, 7) is 0. The molecule has 5 rings (SSSR count). The highest BCUT2D eigenvalue weighted by Crippen LogP contribution is 2.37. The fourth-order valence-corrected chi connectivity index (χ4v) is 3.31. The monoisotopic (exact) mass is 377 g/mol. The summed E-state index contributed by atoms with van der Waals surface area (Å²) in [5.41, 5.74) is 2.10. The lowest BCUT2D eigenvalue weighted by Gasteiger charge is -2.06. The molecule has 0 saturated heterocycles. The quantitative estimate of drug-likeness (QED) is 0.466. The number of furan rings is 1. The molecular formula is C19H12ClN5O2. The van der Waals surface area contributed by atoms with Crippen molar-refractivity contribution in [3.63, 3.8) is 0 Å². The predicted molar refractivity (Wildman–Crippen MR) is 101 cm³/mol. The number of pyridine rings is 1. The first kappa shape index (κ1) is 15.8. The molecule has 0 radical (unpaired) electrons. The maximum Gasteiger partial charge on any atom is 0.198 e. The van der Waals surface area contributed by atoms with Crippen molar-refractivity contribution in [3.8, 4) is 23.0 Å². The van der Waals surface area contributed by atoms with E-state index in [9.17, 15) is 0 Å². The Morgan fingerprint density at radius 3 is 2.74 bits per heavy atom. The third-order valence-corrected chi connectivity index (χ3v) is 4.59. The van der Waals surface area contributed by atoms with Crippen LogP contribution in [0.4, 0.5) is 0 Å². The van der Waals surface area contributed by atoms with Crippen molar-refractivity contribution in [2.24, 2.45) is 0 Å². The minimum Gasteiger partial charge on any atom is -0.494 e. The number of fused-ring (bicyclic) bond motifs is 2. The van der Waals surface area contributed by atoms with Gasteiger partial charge in [-0.15, -0.1) is 0 Å². The Morgan fingerprint density at radius 1 is 1.07 bits per heavy atom. The number of methoxy groups -OCH3 is 1. The maximum atomic E-state index is 6.46. The van der Waals surface area contributed by atoms with Crippen LogP contribution in [-0.2, 0) is 0 Å². The number of hydrogen-bond donors (Lipinski definition) is 0. The van der Waals surface area contributed by atoms with Crippen molar-refractivity contribution < 1.29 is 9.15 Å². The normalized spacial score (nSPS) is 11.3. The number of hydrogen-bond acceptors (Lipinski definition) is 6. The Labute approximate surface area is 158 Å². The number of rotatable bonds is 3. The number of halogens is 1. The smallest absolute Gasteiger partial charge is 0.198 e. The highest BCUT2D eigenvalue weighted by molar-refractivity contribution is 6.35. The first-order chi connectivity index (χ1) is 13.3. The van der Waals surface area contributed by atoms with Crippen molar-refractivity contribution in [1.82, 2.24) is 24.7 Å². The summed E-state index contributed by atoms with van der Waals surface area (Å²) in [5.74, 6) is 1.45. The standard InChI is InChI=1S/C19H12ClN5O2/c1-26-12-8-22-19(23-9-12)18-17(13-5-6-21-10-15(13)27-18)25-16-11(7-24-25)3-2-4-14(16)20/h2-10H,1H3. The van der Waals surface area contributed by atoms with Crippen LogP contribution in [0.2, 0.25) is 5.02 Å². The van der Waals surface area contributed by atoms with E-state index in [0.717, 1.165) is 16.3 Å². The van der Waals surface area contributed by atoms with E-state index in [1.54, 1.807) is 42.8 Å². The molecule has 0 saturated carbocycles. The van der Waals surface area contributed by atoms with Gasteiger partial charge in [-0.1, -0.05) is 23.7 Å². The Bertz CT molecular complexity index is 1280. The summed E-state index contributed by atoms with van der Waals surface area (Å²) in [6.07, 6.45) is 8.30. The molecule has 0 aliphatic rings. The molecule has 8 heteroatoms. The summed E-state index contributed by atoms with van der Waals surface area (Å²) in [4.78, 5) is 12.9. The molecule has 27 heavy (non-hydrogen) atoms. The minimum absolute atomic E-state index is 0.415. The van der Waals surface area contributed by atoms with Crippen LogP contribution in [0.3, 0.4) is 0 Å². The van der Waals surface area contributed by atoms with Crippen LogP contribution in [0.1, 0.15) is 0 Å². The van der Waals surface area contributed by atoms with Crippen LogP contribution < -0.4 is 4.74 Å². The molecule has 132 valence electrons. The number of benzene rings is 1. The van der Waals surface area contributed by atoms with E-state index in [0.29, 0.717) is 33.6 Å². The average molecular weight is 378 g/mol. The van der Waals surface area contributed by atoms with E-state index in [2.05, 4.69) is 20.1 Å². The minimum atomic E-state index is 0.415. The fraction of sp³-hybridized carbons (Fsp3) is 0.0526. The van der Waals surface area contributed by atoms with Gasteiger partial charge in [-0.25, -0.2) is 14.6 Å². The molecule has 7 nitrogen and oxygen atoms in total. The van der Waals surface area contributed by atoms with Crippen molar-refractivity contribution in [3.05, 3.63) is 60.3 Å². The second-order valence-corrected chi connectivity index (χ2v) is 6.24. The molecule has 0 aliphatic carbocycles. The van der Waals surface area contributed by atoms with Gasteiger partial charge in [0.1, 0.15) is 5.69 Å². The average Bonchev–Trinajstić information content (AvgIpc) is 3.30. The lowest BCUT2D eigenvalue weighted by molar-refractivity contribution is 0.410. The molecule has 0 bridgehead atoms. The SMILES string of the molecule is COc1cnc(-c2oc3cnccc3c2-n2ncc3cccc(Cl)c32)nc1. The summed E-state index contributed by atoms with van der Waals surface area (Å²) in [5, 5.41) is 6.89. The Balaban J connectivity index is 1.84. The Morgan fingerprint density at radius 2 is 1.93 bits per heavy atom. The van der Waals surface area contributed by atoms with Gasteiger partial charge in [0.15, 0.2) is 22.9 Å². The zero-order chi connectivity index (χ0) is 18.4. The molecule has 0 fully saturated rings. The summed E-state index contributed by atoms with van der Waals surface area (Å²) < 4.78 is 12.9. The predicted octanol–water partition coefficient (Wildman–Crippen LogP) is 4.29. The summed E-state index contributed by atoms with van der Waals surface area (Å²) in [7, 11) is 1.56. The van der Waals surface area contributed by atoms with Crippen molar-refractivity contribution in [2.45, 2.75) is 0 Å². The molecule has 0 spiro atoms. The topological polar surface area (TPSA) is 78.9 Å². The molecule has 1 aromatic carbocycles. The highest BCUT2D eigenvalue weighted by atomic mass is 35.5. The van der Waals surface area contributed by atoms with Gasteiger partial charge in [0.05, 0.1) is 47.8 Å². The van der Waals surface area contributed by atoms with Crippen molar-refractivity contribution in [1.29, 1.82) is 0 Å². The van der Waals surface area contributed by atoms with Gasteiger partial charge in [0, 0.05) is 11.6 Å². The van der Waals surface area contributed by atoms with E-state index in [1.807, 2.05) is 24.3 Å². The Kier molecular flexibility index (Phi) is 3.54. The first-order valence-corrected chi connectivity index (χ1v) is 8.49. The van der Waals surface area contributed by atoms with E-state index in [4.69, 9.17) is 20.8 Å². The van der Waals surface area contributed by atoms with E-state index >= 15 is 0 Å². The molecule has 4 heterocycles. The van der Waals surface area contributed by atoms with Gasteiger partial charge < -0.3 is 9.15 Å². The van der Waals surface area contributed by atoms with Gasteiger partial charge in [0.25, 0.3) is 0 Å². The third kappa shape index (κ3) is 2.43. The summed E-state index contributed by atoms with van der Waals surface area (Å²) >= 11 is 6.46. The van der Waals surface area contributed by atoms with Gasteiger partial charge in [-0.2, -0.15) is 5.10 Å². The number of nitrogens with zero attached hydrogens (tertiary/aromatic N) is 5. The lowest BCUT2D eigenvalue weighted by Crippen LogP contribution is -1.99. The molecule has 0 unspecified atom stereocenters. The number of ether oxygens (including phenoxy) is 1. The highest BCUT2D eigenvalue weighted by Gasteiger charge is 2.22.